The highest BCUT2D eigenvalue weighted by molar-refractivity contribution is 6.05. The van der Waals surface area contributed by atoms with Gasteiger partial charge in [0, 0.05) is 13.1 Å². The Hall–Kier alpha value is -0.900. The van der Waals surface area contributed by atoms with Crippen LogP contribution in [0.3, 0.4) is 0 Å². The van der Waals surface area contributed by atoms with E-state index in [1.165, 1.54) is 4.90 Å². The quantitative estimate of drug-likeness (QED) is 0.533. The van der Waals surface area contributed by atoms with Crippen molar-refractivity contribution >= 4 is 11.8 Å². The maximum Gasteiger partial charge on any atom is 0.233 e. The van der Waals surface area contributed by atoms with Crippen molar-refractivity contribution in [2.45, 2.75) is 18.9 Å². The second kappa shape index (κ2) is 2.37. The lowest BCUT2D eigenvalue weighted by atomic mass is 9.81. The van der Waals surface area contributed by atoms with E-state index in [-0.39, 0.29) is 41.5 Å². The van der Waals surface area contributed by atoms with Gasteiger partial charge in [0.05, 0.1) is 11.8 Å². The third kappa shape index (κ3) is 0.704. The summed E-state index contributed by atoms with van der Waals surface area (Å²) in [4.78, 5) is 24.9. The van der Waals surface area contributed by atoms with Gasteiger partial charge in [-0.25, -0.2) is 0 Å². The van der Waals surface area contributed by atoms with Crippen molar-refractivity contribution in [3.05, 3.63) is 0 Å². The van der Waals surface area contributed by atoms with Crippen LogP contribution in [0.1, 0.15) is 12.8 Å². The van der Waals surface area contributed by atoms with Crippen LogP contribution in [0.5, 0.6) is 0 Å². The van der Waals surface area contributed by atoms with E-state index < -0.39 is 0 Å². The second-order valence-electron chi connectivity index (χ2n) is 4.77. The molecule has 4 heteroatoms. The molecule has 0 spiro atoms. The summed E-state index contributed by atoms with van der Waals surface area (Å²) in [6.45, 7) is 0. The van der Waals surface area contributed by atoms with Gasteiger partial charge in [0.1, 0.15) is 0 Å². The number of nitrogens with zero attached hydrogens (tertiary/aromatic N) is 1. The van der Waals surface area contributed by atoms with Crippen molar-refractivity contribution in [2.24, 2.45) is 29.4 Å². The summed E-state index contributed by atoms with van der Waals surface area (Å²) in [5.74, 6) is 0.380. The zero-order chi connectivity index (χ0) is 10.0. The van der Waals surface area contributed by atoms with Gasteiger partial charge in [-0.1, -0.05) is 0 Å². The molecule has 1 heterocycles. The summed E-state index contributed by atoms with van der Waals surface area (Å²) < 4.78 is 0. The first-order valence-corrected chi connectivity index (χ1v) is 5.20. The molecule has 2 bridgehead atoms. The van der Waals surface area contributed by atoms with Gasteiger partial charge in [-0.2, -0.15) is 0 Å². The predicted octanol–water partition coefficient (Wildman–Crippen LogP) is -0.416. The summed E-state index contributed by atoms with van der Waals surface area (Å²) >= 11 is 0. The van der Waals surface area contributed by atoms with Crippen LogP contribution < -0.4 is 5.73 Å². The second-order valence-corrected chi connectivity index (χ2v) is 4.77. The fraction of sp³-hybridized carbons (Fsp3) is 0.800. The Morgan fingerprint density at radius 2 is 1.57 bits per heavy atom. The number of hydrogen-bond acceptors (Lipinski definition) is 3. The summed E-state index contributed by atoms with van der Waals surface area (Å²) in [5.41, 5.74) is 6.02. The van der Waals surface area contributed by atoms with Crippen LogP contribution in [0, 0.1) is 23.7 Å². The normalized spacial score (nSPS) is 50.4. The SMILES string of the molecule is CN1C(=O)C2C3CCC(C3N)C2C1=O. The molecule has 2 amide bonds. The largest absolute Gasteiger partial charge is 0.327 e. The van der Waals surface area contributed by atoms with E-state index in [1.54, 1.807) is 7.05 Å². The van der Waals surface area contributed by atoms with Gasteiger partial charge < -0.3 is 5.73 Å². The van der Waals surface area contributed by atoms with Crippen LogP contribution in [0.4, 0.5) is 0 Å². The highest BCUT2D eigenvalue weighted by Gasteiger charge is 2.63. The van der Waals surface area contributed by atoms with Gasteiger partial charge >= 0.3 is 0 Å². The molecular formula is C10H14N2O2. The monoisotopic (exact) mass is 194 g/mol. The Bertz CT molecular complexity index is 298. The minimum atomic E-state index is -0.0822. The number of imide groups is 1. The maximum atomic E-state index is 11.8. The van der Waals surface area contributed by atoms with Gasteiger partial charge in [-0.15, -0.1) is 0 Å². The Morgan fingerprint density at radius 3 is 2.00 bits per heavy atom. The minimum Gasteiger partial charge on any atom is -0.327 e. The molecule has 0 aromatic carbocycles. The van der Waals surface area contributed by atoms with Crippen LogP contribution in [-0.4, -0.2) is 29.8 Å². The summed E-state index contributed by atoms with van der Waals surface area (Å²) in [7, 11) is 1.59. The van der Waals surface area contributed by atoms with E-state index in [0.717, 1.165) is 12.8 Å². The fourth-order valence-electron chi connectivity index (χ4n) is 3.69. The van der Waals surface area contributed by atoms with Crippen molar-refractivity contribution in [2.75, 3.05) is 7.05 Å². The van der Waals surface area contributed by atoms with E-state index >= 15 is 0 Å². The van der Waals surface area contributed by atoms with E-state index in [2.05, 4.69) is 0 Å². The molecule has 0 radical (unpaired) electrons. The standard InChI is InChI=1S/C10H14N2O2/c1-12-9(13)6-4-2-3-5(8(4)11)7(6)10(12)14/h4-8H,2-3,11H2,1H3. The van der Waals surface area contributed by atoms with E-state index in [9.17, 15) is 9.59 Å². The Kier molecular flexibility index (Phi) is 1.42. The van der Waals surface area contributed by atoms with Crippen LogP contribution in [0.25, 0.3) is 0 Å². The number of likely N-dealkylation sites (tertiary alicyclic amines) is 1. The van der Waals surface area contributed by atoms with Gasteiger partial charge in [-0.05, 0) is 24.7 Å². The molecule has 4 nitrogen and oxygen atoms in total. The molecule has 4 atom stereocenters. The number of rotatable bonds is 0. The van der Waals surface area contributed by atoms with Gasteiger partial charge in [-0.3, -0.25) is 14.5 Å². The number of carbonyl (C=O) groups is 2. The molecule has 0 aromatic rings. The molecule has 2 aliphatic carbocycles. The highest BCUT2D eigenvalue weighted by Crippen LogP contribution is 2.55. The average molecular weight is 194 g/mol. The van der Waals surface area contributed by atoms with Gasteiger partial charge in [0.2, 0.25) is 11.8 Å². The topological polar surface area (TPSA) is 63.4 Å². The van der Waals surface area contributed by atoms with Crippen LogP contribution >= 0.6 is 0 Å². The van der Waals surface area contributed by atoms with Crippen molar-refractivity contribution < 1.29 is 9.59 Å². The molecule has 3 fully saturated rings. The Labute approximate surface area is 82.4 Å². The number of carbonyl (C=O) groups excluding carboxylic acids is 2. The summed E-state index contributed by atoms with van der Waals surface area (Å²) in [6.07, 6.45) is 2.06. The number of hydrogen-bond donors (Lipinski definition) is 1. The number of amides is 2. The third-order valence-corrected chi connectivity index (χ3v) is 4.36. The van der Waals surface area contributed by atoms with Gasteiger partial charge in [0.15, 0.2) is 0 Å². The Balaban J connectivity index is 2.04. The summed E-state index contributed by atoms with van der Waals surface area (Å²) in [5, 5.41) is 0. The molecule has 4 unspecified atom stereocenters. The van der Waals surface area contributed by atoms with Crippen LogP contribution in [-0.2, 0) is 9.59 Å². The smallest absolute Gasteiger partial charge is 0.233 e. The summed E-state index contributed by atoms with van der Waals surface area (Å²) in [6, 6.07) is 0.0894. The van der Waals surface area contributed by atoms with Gasteiger partial charge in [0.25, 0.3) is 0 Å². The molecule has 14 heavy (non-hydrogen) atoms. The van der Waals surface area contributed by atoms with Crippen molar-refractivity contribution in [1.82, 2.24) is 4.90 Å². The highest BCUT2D eigenvalue weighted by atomic mass is 16.2. The molecular weight excluding hydrogens is 180 g/mol. The first-order chi connectivity index (χ1) is 6.63. The molecule has 3 rings (SSSR count). The molecule has 1 aliphatic heterocycles. The minimum absolute atomic E-state index is 0.00245. The maximum absolute atomic E-state index is 11.8. The predicted molar refractivity (Wildman–Crippen MR) is 48.9 cm³/mol. The lowest BCUT2D eigenvalue weighted by Crippen LogP contribution is -2.35. The first kappa shape index (κ1) is 8.41. The first-order valence-electron chi connectivity index (χ1n) is 5.20. The molecule has 76 valence electrons. The molecule has 0 aromatic heterocycles. The zero-order valence-corrected chi connectivity index (χ0v) is 8.14. The lowest BCUT2D eigenvalue weighted by Gasteiger charge is -2.18. The number of fused-ring (bicyclic) bond motifs is 5. The van der Waals surface area contributed by atoms with Crippen molar-refractivity contribution in [3.8, 4) is 0 Å². The molecule has 3 aliphatic rings. The van der Waals surface area contributed by atoms with E-state index in [4.69, 9.17) is 5.73 Å². The van der Waals surface area contributed by atoms with Crippen molar-refractivity contribution in [1.29, 1.82) is 0 Å². The fourth-order valence-corrected chi connectivity index (χ4v) is 3.69. The van der Waals surface area contributed by atoms with Crippen LogP contribution in [0.2, 0.25) is 0 Å². The lowest BCUT2D eigenvalue weighted by molar-refractivity contribution is -0.139. The van der Waals surface area contributed by atoms with E-state index in [0.29, 0.717) is 0 Å². The van der Waals surface area contributed by atoms with Crippen molar-refractivity contribution in [3.63, 3.8) is 0 Å². The Morgan fingerprint density at radius 1 is 1.14 bits per heavy atom. The average Bonchev–Trinajstić information content (AvgIpc) is 2.74. The zero-order valence-electron chi connectivity index (χ0n) is 8.14. The molecule has 2 N–H and O–H groups in total. The molecule has 2 saturated carbocycles. The van der Waals surface area contributed by atoms with E-state index in [1.807, 2.05) is 0 Å². The third-order valence-electron chi connectivity index (χ3n) is 4.36. The van der Waals surface area contributed by atoms with Crippen LogP contribution in [0.15, 0.2) is 0 Å². The molecule has 1 saturated heterocycles. The number of nitrogens with two attached hydrogens (primary N) is 1.